The predicted octanol–water partition coefficient (Wildman–Crippen LogP) is -0.0706. The zero-order valence-corrected chi connectivity index (χ0v) is 12.4. The smallest absolute Gasteiger partial charge is 0.243 e. The summed E-state index contributed by atoms with van der Waals surface area (Å²) in [5, 5.41) is 3.96. The van der Waals surface area contributed by atoms with E-state index in [2.05, 4.69) is 9.82 Å². The molecule has 1 N–H and O–H groups in total. The lowest BCUT2D eigenvalue weighted by Crippen LogP contribution is -2.35. The molecule has 0 aliphatic carbocycles. The van der Waals surface area contributed by atoms with Crippen LogP contribution in [0, 0.1) is 0 Å². The average Bonchev–Trinajstić information content (AvgIpc) is 2.84. The number of aromatic nitrogens is 2. The Morgan fingerprint density at radius 1 is 1.47 bits per heavy atom. The van der Waals surface area contributed by atoms with Crippen LogP contribution >= 0.6 is 0 Å². The lowest BCUT2D eigenvalue weighted by atomic mass is 10.3. The second-order valence-electron chi connectivity index (χ2n) is 4.97. The fourth-order valence-corrected chi connectivity index (χ4v) is 4.90. The van der Waals surface area contributed by atoms with Crippen LogP contribution in [0.1, 0.15) is 26.3 Å². The Kier molecular flexibility index (Phi) is 3.72. The number of hydrogen-bond acceptors (Lipinski definition) is 5. The summed E-state index contributed by atoms with van der Waals surface area (Å²) in [6.07, 6.45) is 3.03. The molecule has 0 bridgehead atoms. The molecule has 19 heavy (non-hydrogen) atoms. The second-order valence-corrected chi connectivity index (χ2v) is 8.91. The first-order valence-electron chi connectivity index (χ1n) is 5.96. The van der Waals surface area contributed by atoms with Crippen LogP contribution in [0.25, 0.3) is 0 Å². The number of sulfonamides is 1. The fraction of sp³-hybridized carbons (Fsp3) is 0.700. The van der Waals surface area contributed by atoms with Gasteiger partial charge in [-0.1, -0.05) is 0 Å². The molecule has 1 saturated heterocycles. The summed E-state index contributed by atoms with van der Waals surface area (Å²) >= 11 is 0. The first-order valence-corrected chi connectivity index (χ1v) is 9.27. The third-order valence-electron chi connectivity index (χ3n) is 2.97. The molecule has 0 radical (unpaired) electrons. The monoisotopic (exact) mass is 307 g/mol. The van der Waals surface area contributed by atoms with Crippen molar-refractivity contribution in [1.82, 2.24) is 14.5 Å². The molecule has 0 saturated carbocycles. The quantitative estimate of drug-likeness (QED) is 0.839. The van der Waals surface area contributed by atoms with Crippen molar-refractivity contribution in [2.24, 2.45) is 0 Å². The highest BCUT2D eigenvalue weighted by Crippen LogP contribution is 2.16. The summed E-state index contributed by atoms with van der Waals surface area (Å²) in [6.45, 7) is 3.78. The van der Waals surface area contributed by atoms with Crippen LogP contribution in [-0.2, 0) is 19.9 Å². The average molecular weight is 307 g/mol. The summed E-state index contributed by atoms with van der Waals surface area (Å²) in [5.41, 5.74) is 0. The van der Waals surface area contributed by atoms with Gasteiger partial charge >= 0.3 is 0 Å². The Balaban J connectivity index is 2.14. The number of sulfone groups is 1. The molecular weight excluding hydrogens is 290 g/mol. The molecule has 108 valence electrons. The highest BCUT2D eigenvalue weighted by atomic mass is 32.2. The van der Waals surface area contributed by atoms with Gasteiger partial charge in [0.2, 0.25) is 10.0 Å². The molecule has 0 unspecified atom stereocenters. The second kappa shape index (κ2) is 4.88. The van der Waals surface area contributed by atoms with E-state index in [0.717, 1.165) is 0 Å². The lowest BCUT2D eigenvalue weighted by Gasteiger charge is -2.10. The lowest BCUT2D eigenvalue weighted by molar-refractivity contribution is 0.530. The molecule has 1 fully saturated rings. The number of nitrogens with zero attached hydrogens (tertiary/aromatic N) is 2. The summed E-state index contributed by atoms with van der Waals surface area (Å²) in [6, 6.07) is -0.479. The van der Waals surface area contributed by atoms with Crippen LogP contribution in [-0.4, -0.2) is 44.2 Å². The van der Waals surface area contributed by atoms with Gasteiger partial charge in [0.05, 0.1) is 17.7 Å². The van der Waals surface area contributed by atoms with Gasteiger partial charge in [0.15, 0.2) is 9.84 Å². The predicted molar refractivity (Wildman–Crippen MR) is 70.0 cm³/mol. The van der Waals surface area contributed by atoms with Crippen molar-refractivity contribution in [1.29, 1.82) is 0 Å². The molecule has 0 spiro atoms. The normalized spacial score (nSPS) is 23.0. The first kappa shape index (κ1) is 14.5. The van der Waals surface area contributed by atoms with E-state index in [1.807, 2.05) is 13.8 Å². The minimum Gasteiger partial charge on any atom is -0.269 e. The molecule has 1 aromatic rings. The van der Waals surface area contributed by atoms with E-state index in [0.29, 0.717) is 6.42 Å². The molecule has 0 aromatic carbocycles. The van der Waals surface area contributed by atoms with Crippen molar-refractivity contribution >= 4 is 19.9 Å². The maximum Gasteiger partial charge on any atom is 0.243 e. The summed E-state index contributed by atoms with van der Waals surface area (Å²) in [5.74, 6) is -0.101. The molecule has 0 amide bonds. The van der Waals surface area contributed by atoms with E-state index in [1.165, 1.54) is 12.4 Å². The molecule has 1 atom stereocenters. The minimum atomic E-state index is -3.70. The van der Waals surface area contributed by atoms with Gasteiger partial charge in [-0.25, -0.2) is 21.6 Å². The summed E-state index contributed by atoms with van der Waals surface area (Å²) in [7, 11) is -6.81. The van der Waals surface area contributed by atoms with Crippen molar-refractivity contribution in [3.63, 3.8) is 0 Å². The van der Waals surface area contributed by atoms with Crippen LogP contribution in [0.4, 0.5) is 0 Å². The molecule has 9 heteroatoms. The van der Waals surface area contributed by atoms with Crippen molar-refractivity contribution in [2.75, 3.05) is 11.5 Å². The van der Waals surface area contributed by atoms with E-state index in [1.54, 1.807) is 4.68 Å². The van der Waals surface area contributed by atoms with Gasteiger partial charge in [0.25, 0.3) is 0 Å². The van der Waals surface area contributed by atoms with Crippen molar-refractivity contribution in [3.05, 3.63) is 12.4 Å². The van der Waals surface area contributed by atoms with E-state index in [4.69, 9.17) is 0 Å². The number of nitrogens with one attached hydrogen (secondary N) is 1. The van der Waals surface area contributed by atoms with Crippen LogP contribution in [0.2, 0.25) is 0 Å². The van der Waals surface area contributed by atoms with Crippen LogP contribution in [0.3, 0.4) is 0 Å². The number of hydrogen-bond donors (Lipinski definition) is 1. The van der Waals surface area contributed by atoms with Gasteiger partial charge in [-0.15, -0.1) is 0 Å². The van der Waals surface area contributed by atoms with E-state index in [-0.39, 0.29) is 22.4 Å². The molecule has 1 aliphatic rings. The van der Waals surface area contributed by atoms with Crippen molar-refractivity contribution < 1.29 is 16.8 Å². The summed E-state index contributed by atoms with van der Waals surface area (Å²) in [4.78, 5) is 0.0606. The Bertz CT molecular complexity index is 661. The Labute approximate surface area is 113 Å². The Morgan fingerprint density at radius 2 is 2.16 bits per heavy atom. The minimum absolute atomic E-state index is 0.0332. The van der Waals surface area contributed by atoms with Crippen LogP contribution in [0.15, 0.2) is 17.3 Å². The summed E-state index contributed by atoms with van der Waals surface area (Å²) < 4.78 is 50.7. The Morgan fingerprint density at radius 3 is 2.63 bits per heavy atom. The zero-order valence-electron chi connectivity index (χ0n) is 10.8. The van der Waals surface area contributed by atoms with Crippen molar-refractivity contribution in [2.45, 2.75) is 37.2 Å². The van der Waals surface area contributed by atoms with Gasteiger partial charge in [-0.2, -0.15) is 5.10 Å². The van der Waals surface area contributed by atoms with E-state index < -0.39 is 25.9 Å². The standard InChI is InChI=1S/C10H17N3O4S2/c1-8(2)13-6-10(5-11-13)19(16,17)12-9-3-4-18(14,15)7-9/h5-6,8-9,12H,3-4,7H2,1-2H3/t9-/m0/s1. The van der Waals surface area contributed by atoms with Gasteiger partial charge in [-0.3, -0.25) is 4.68 Å². The third-order valence-corrected chi connectivity index (χ3v) is 6.21. The van der Waals surface area contributed by atoms with E-state index in [9.17, 15) is 16.8 Å². The largest absolute Gasteiger partial charge is 0.269 e. The third kappa shape index (κ3) is 3.34. The van der Waals surface area contributed by atoms with Gasteiger partial charge < -0.3 is 0 Å². The van der Waals surface area contributed by atoms with Gasteiger partial charge in [0, 0.05) is 18.3 Å². The zero-order chi connectivity index (χ0) is 14.3. The maximum atomic E-state index is 12.1. The van der Waals surface area contributed by atoms with Crippen LogP contribution < -0.4 is 4.72 Å². The molecule has 2 rings (SSSR count). The van der Waals surface area contributed by atoms with Crippen LogP contribution in [0.5, 0.6) is 0 Å². The first-order chi connectivity index (χ1) is 8.70. The Hall–Kier alpha value is -0.930. The molecular formula is C10H17N3O4S2. The topological polar surface area (TPSA) is 98.1 Å². The number of rotatable bonds is 4. The fourth-order valence-electron chi connectivity index (χ4n) is 1.92. The highest BCUT2D eigenvalue weighted by Gasteiger charge is 2.31. The SMILES string of the molecule is CC(C)n1cc(S(=O)(=O)N[C@H]2CCS(=O)(=O)C2)cn1. The maximum absolute atomic E-state index is 12.1. The van der Waals surface area contributed by atoms with Crippen molar-refractivity contribution in [3.8, 4) is 0 Å². The van der Waals surface area contributed by atoms with E-state index >= 15 is 0 Å². The van der Waals surface area contributed by atoms with Gasteiger partial charge in [0.1, 0.15) is 4.90 Å². The molecule has 1 aliphatic heterocycles. The van der Waals surface area contributed by atoms with Gasteiger partial charge in [-0.05, 0) is 20.3 Å². The highest BCUT2D eigenvalue weighted by molar-refractivity contribution is 7.92. The molecule has 1 aromatic heterocycles. The molecule has 2 heterocycles. The molecule has 7 nitrogen and oxygen atoms in total.